The average Bonchev–Trinajstić information content (AvgIpc) is 3.71. The van der Waals surface area contributed by atoms with Crippen LogP contribution in [0.3, 0.4) is 0 Å². The number of nitriles is 1. The van der Waals surface area contributed by atoms with Crippen molar-refractivity contribution in [2.75, 3.05) is 50.7 Å². The van der Waals surface area contributed by atoms with Gasteiger partial charge in [-0.15, -0.1) is 0 Å². The van der Waals surface area contributed by atoms with Crippen molar-refractivity contribution in [2.24, 2.45) is 13.0 Å². The number of nitrogens with zero attached hydrogens (tertiary/aromatic N) is 6. The fraction of sp³-hybridized carbons (Fsp3) is 0.323. The standard InChI is InChI=1S/C31H30FN8O7P/c1-34-22-7-21(32)18(8-33)24-25-27(39-5-4-15-12-40(3,13-23(15)39)14-47-48(44,45)46)19(10-35-29(25)37-26(22)24)16-6-17-28(41)20(31(42)43)11-38(2)30(17)36-9-16/h6-7,9-11,15,23,34H,4-5,12-14H2,1-3H3,(H3-,35,37,42,43,44,45,46)/t15-,23+,40?/m0/s1. The Morgan fingerprint density at radius 3 is 2.75 bits per heavy atom. The Labute approximate surface area is 271 Å². The summed E-state index contributed by atoms with van der Waals surface area (Å²) in [6.45, 7) is 1.40. The number of carbonyl (C=O) groups excluding carboxylic acids is 1. The van der Waals surface area contributed by atoms with Gasteiger partial charge in [0.1, 0.15) is 29.7 Å². The number of benzene rings is 1. The molecule has 2 aliphatic rings. The Morgan fingerprint density at radius 1 is 1.29 bits per heavy atom. The van der Waals surface area contributed by atoms with E-state index in [1.54, 1.807) is 32.6 Å². The van der Waals surface area contributed by atoms with E-state index in [2.05, 4.69) is 25.2 Å². The first-order valence-electron chi connectivity index (χ1n) is 15.0. The van der Waals surface area contributed by atoms with Crippen molar-refractivity contribution in [3.8, 4) is 17.2 Å². The van der Waals surface area contributed by atoms with E-state index in [4.69, 9.17) is 4.52 Å². The number of aromatic carboxylic acids is 1. The molecule has 1 unspecified atom stereocenters. The molecule has 5 aromatic rings. The number of aromatic amines is 1. The molecular weight excluding hydrogens is 646 g/mol. The van der Waals surface area contributed by atoms with Crippen LogP contribution in [-0.4, -0.2) is 86.3 Å². The summed E-state index contributed by atoms with van der Waals surface area (Å²) in [6, 6.07) is 4.63. The van der Waals surface area contributed by atoms with Crippen LogP contribution in [0.15, 0.2) is 35.5 Å². The zero-order valence-electron chi connectivity index (χ0n) is 26.0. The quantitative estimate of drug-likeness (QED) is 0.144. The number of aromatic nitrogens is 4. The number of anilines is 2. The lowest BCUT2D eigenvalue weighted by Crippen LogP contribution is -2.46. The molecule has 0 spiro atoms. The largest absolute Gasteiger partial charge is 0.545 e. The zero-order valence-corrected chi connectivity index (χ0v) is 26.9. The van der Waals surface area contributed by atoms with Gasteiger partial charge in [-0.1, -0.05) is 0 Å². The Balaban J connectivity index is 1.51. The summed E-state index contributed by atoms with van der Waals surface area (Å²) >= 11 is 0. The molecular formula is C31H30FN8O7P. The van der Waals surface area contributed by atoms with E-state index in [1.165, 1.54) is 10.6 Å². The van der Waals surface area contributed by atoms with Crippen LogP contribution in [0, 0.1) is 23.1 Å². The average molecular weight is 677 g/mol. The molecule has 6 heterocycles. The van der Waals surface area contributed by atoms with Crippen LogP contribution >= 0.6 is 7.82 Å². The molecule has 0 radical (unpaired) electrons. The smallest absolute Gasteiger partial charge is 0.474 e. The van der Waals surface area contributed by atoms with Crippen LogP contribution in [0.5, 0.6) is 0 Å². The van der Waals surface area contributed by atoms with Gasteiger partial charge in [-0.05, 0) is 12.5 Å². The van der Waals surface area contributed by atoms with Gasteiger partial charge >= 0.3 is 7.82 Å². The van der Waals surface area contributed by atoms with Crippen LogP contribution in [-0.2, 0) is 16.1 Å². The Kier molecular flexibility index (Phi) is 7.31. The summed E-state index contributed by atoms with van der Waals surface area (Å²) in [7, 11) is 0.354. The molecule has 0 bridgehead atoms. The third-order valence-corrected chi connectivity index (χ3v) is 10.0. The van der Waals surface area contributed by atoms with Gasteiger partial charge in [0.25, 0.3) is 0 Å². The molecule has 2 fully saturated rings. The molecule has 2 aliphatic heterocycles. The molecule has 4 aromatic heterocycles. The monoisotopic (exact) mass is 676 g/mol. The highest BCUT2D eigenvalue weighted by molar-refractivity contribution is 7.46. The molecule has 0 aliphatic carbocycles. The lowest BCUT2D eigenvalue weighted by atomic mass is 9.98. The number of fused-ring (bicyclic) bond motifs is 5. The van der Waals surface area contributed by atoms with Crippen molar-refractivity contribution in [3.63, 3.8) is 0 Å². The molecule has 17 heteroatoms. The van der Waals surface area contributed by atoms with Crippen molar-refractivity contribution in [1.82, 2.24) is 19.5 Å². The number of likely N-dealkylation sites (N-methyl/N-ethyl adjacent to an activating group) is 1. The van der Waals surface area contributed by atoms with Crippen LogP contribution in [0.1, 0.15) is 22.3 Å². The first-order valence-corrected chi connectivity index (χ1v) is 16.5. The maximum atomic E-state index is 15.5. The van der Waals surface area contributed by atoms with Crippen LogP contribution in [0.2, 0.25) is 0 Å². The van der Waals surface area contributed by atoms with Crippen molar-refractivity contribution >= 4 is 58.1 Å². The van der Waals surface area contributed by atoms with Gasteiger partial charge < -0.3 is 43.9 Å². The maximum Gasteiger partial charge on any atom is 0.474 e. The molecule has 0 amide bonds. The van der Waals surface area contributed by atoms with E-state index in [-0.39, 0.29) is 39.8 Å². The van der Waals surface area contributed by atoms with Gasteiger partial charge in [0.15, 0.2) is 12.2 Å². The lowest BCUT2D eigenvalue weighted by molar-refractivity contribution is -0.915. The molecule has 7 rings (SSSR count). The van der Waals surface area contributed by atoms with Gasteiger partial charge in [0, 0.05) is 67.7 Å². The Morgan fingerprint density at radius 2 is 2.06 bits per heavy atom. The Hall–Kier alpha value is -4.91. The lowest BCUT2D eigenvalue weighted by Gasteiger charge is -2.33. The minimum atomic E-state index is -4.71. The number of phosphoric ester groups is 1. The number of quaternary nitrogens is 1. The van der Waals surface area contributed by atoms with Gasteiger partial charge in [0.2, 0.25) is 0 Å². The highest BCUT2D eigenvalue weighted by Gasteiger charge is 2.50. The van der Waals surface area contributed by atoms with Crippen molar-refractivity contribution in [2.45, 2.75) is 12.5 Å². The van der Waals surface area contributed by atoms with E-state index in [1.807, 2.05) is 13.1 Å². The number of nitrogens with one attached hydrogen (secondary N) is 2. The van der Waals surface area contributed by atoms with E-state index in [0.717, 1.165) is 12.6 Å². The summed E-state index contributed by atoms with van der Waals surface area (Å²) in [5.41, 5.74) is 1.59. The molecule has 3 atom stereocenters. The molecule has 48 heavy (non-hydrogen) atoms. The van der Waals surface area contributed by atoms with Crippen molar-refractivity contribution in [3.05, 3.63) is 57.9 Å². The third-order valence-electron chi connectivity index (χ3n) is 9.56. The first-order chi connectivity index (χ1) is 22.7. The molecule has 248 valence electrons. The minimum absolute atomic E-state index is 0.0434. The summed E-state index contributed by atoms with van der Waals surface area (Å²) < 4.78 is 33.6. The molecule has 15 nitrogen and oxygen atoms in total. The summed E-state index contributed by atoms with van der Waals surface area (Å²) in [5, 5.41) is 25.7. The molecule has 2 saturated heterocycles. The molecule has 1 aromatic carbocycles. The molecule has 4 N–H and O–H groups in total. The fourth-order valence-corrected chi connectivity index (χ4v) is 7.95. The van der Waals surface area contributed by atoms with Gasteiger partial charge in [-0.2, -0.15) is 5.26 Å². The predicted octanol–water partition coefficient (Wildman–Crippen LogP) is 1.77. The van der Waals surface area contributed by atoms with Crippen molar-refractivity contribution < 1.29 is 37.7 Å². The number of hydrogen-bond acceptors (Lipinski definition) is 10. The predicted molar refractivity (Wildman–Crippen MR) is 171 cm³/mol. The highest BCUT2D eigenvalue weighted by Crippen LogP contribution is 2.48. The minimum Gasteiger partial charge on any atom is -0.545 e. The summed E-state index contributed by atoms with van der Waals surface area (Å²) in [5.74, 6) is -2.24. The Bertz CT molecular complexity index is 2350. The van der Waals surface area contributed by atoms with E-state index >= 15 is 4.39 Å². The third kappa shape index (κ3) is 4.99. The second kappa shape index (κ2) is 11.1. The maximum absolute atomic E-state index is 15.5. The van der Waals surface area contributed by atoms with Crippen LogP contribution in [0.4, 0.5) is 15.8 Å². The number of halogens is 1. The highest BCUT2D eigenvalue weighted by atomic mass is 31.2. The van der Waals surface area contributed by atoms with Crippen LogP contribution < -0.4 is 20.8 Å². The number of carboxylic acids is 1. The second-order valence-corrected chi connectivity index (χ2v) is 13.9. The number of likely N-dealkylation sites (tertiary alicyclic amines) is 1. The SMILES string of the molecule is CNc1cc(F)c(C#N)c2c1[nH]c1ncc(-c3cnc4c(c3)c(=O)c(C(=O)[O-])cn4C)c(N3CC[C@H]4C[N+](C)(COP(=O)(O)O)C[C@H]43)c12. The number of carboxylic acid groups (broad SMARTS) is 1. The number of phosphoric acid groups is 1. The second-order valence-electron chi connectivity index (χ2n) is 12.7. The van der Waals surface area contributed by atoms with Crippen molar-refractivity contribution in [1.29, 1.82) is 5.26 Å². The van der Waals surface area contributed by atoms with E-state index in [9.17, 15) is 34.3 Å². The van der Waals surface area contributed by atoms with E-state index < -0.39 is 30.6 Å². The number of hydrogen-bond donors (Lipinski definition) is 4. The summed E-state index contributed by atoms with van der Waals surface area (Å²) in [6.07, 6.45) is 5.03. The summed E-state index contributed by atoms with van der Waals surface area (Å²) in [4.78, 5) is 58.4. The number of carbonyl (C=O) groups is 1. The number of rotatable bonds is 7. The zero-order chi connectivity index (χ0) is 34.3. The van der Waals surface area contributed by atoms with Gasteiger partial charge in [-0.25, -0.2) is 23.4 Å². The number of pyridine rings is 3. The van der Waals surface area contributed by atoms with E-state index in [0.29, 0.717) is 64.1 Å². The fourth-order valence-electron chi connectivity index (χ4n) is 7.52. The number of aryl methyl sites for hydroxylation is 1. The first kappa shape index (κ1) is 31.7. The molecule has 0 saturated carbocycles. The normalized spacial score (nSPS) is 20.9. The topological polar surface area (TPSA) is 210 Å². The van der Waals surface area contributed by atoms with Crippen LogP contribution in [0.25, 0.3) is 44.1 Å². The van der Waals surface area contributed by atoms with Gasteiger partial charge in [-0.3, -0.25) is 4.79 Å². The number of H-pyrrole nitrogens is 1. The van der Waals surface area contributed by atoms with Gasteiger partial charge in [0.05, 0.1) is 64.4 Å².